The second-order valence-electron chi connectivity index (χ2n) is 9.16. The molecule has 0 spiro atoms. The Morgan fingerprint density at radius 3 is 2.69 bits per heavy atom. The number of nitrogens with zero attached hydrogens (tertiary/aromatic N) is 5. The van der Waals surface area contributed by atoms with Crippen LogP contribution in [0.2, 0.25) is 0 Å². The van der Waals surface area contributed by atoms with Gasteiger partial charge in [-0.1, -0.05) is 13.8 Å². The molecular weight excluding hydrogens is 476 g/mol. The molecule has 4 heterocycles. The van der Waals surface area contributed by atoms with Crippen LogP contribution in [-0.4, -0.2) is 77.4 Å². The smallest absolute Gasteiger partial charge is 0.154 e. The van der Waals surface area contributed by atoms with E-state index in [-0.39, 0.29) is 11.5 Å². The minimum absolute atomic E-state index is 0.246. The molecule has 0 atom stereocenters. The highest BCUT2D eigenvalue weighted by molar-refractivity contribution is 7.91. The quantitative estimate of drug-likeness (QED) is 0.279. The van der Waals surface area contributed by atoms with Crippen molar-refractivity contribution in [3.8, 4) is 0 Å². The van der Waals surface area contributed by atoms with Crippen LogP contribution < -0.4 is 10.6 Å². The van der Waals surface area contributed by atoms with Crippen LogP contribution in [0.15, 0.2) is 42.9 Å². The van der Waals surface area contributed by atoms with E-state index in [2.05, 4.69) is 49.5 Å². The van der Waals surface area contributed by atoms with Crippen LogP contribution in [0.3, 0.4) is 0 Å². The van der Waals surface area contributed by atoms with E-state index < -0.39 is 9.84 Å². The zero-order valence-corrected chi connectivity index (χ0v) is 21.4. The van der Waals surface area contributed by atoms with Gasteiger partial charge in [-0.3, -0.25) is 4.98 Å². The lowest BCUT2D eigenvalue weighted by atomic mass is 10.1. The zero-order chi connectivity index (χ0) is 25.5. The van der Waals surface area contributed by atoms with Crippen LogP contribution >= 0.6 is 0 Å². The Morgan fingerprint density at radius 2 is 1.94 bits per heavy atom. The Kier molecular flexibility index (Phi) is 8.21. The first kappa shape index (κ1) is 25.6. The summed E-state index contributed by atoms with van der Waals surface area (Å²) in [5.41, 5.74) is 4.04. The van der Waals surface area contributed by atoms with Gasteiger partial charge in [0.25, 0.3) is 0 Å². The van der Waals surface area contributed by atoms with E-state index >= 15 is 0 Å². The van der Waals surface area contributed by atoms with E-state index in [1.165, 1.54) is 6.21 Å². The van der Waals surface area contributed by atoms with Crippen molar-refractivity contribution >= 4 is 44.3 Å². The Hall–Kier alpha value is -3.44. The third kappa shape index (κ3) is 6.82. The van der Waals surface area contributed by atoms with Crippen molar-refractivity contribution in [3.05, 3.63) is 54.0 Å². The summed E-state index contributed by atoms with van der Waals surface area (Å²) < 4.78 is 23.1. The monoisotopic (exact) mass is 508 g/mol. The highest BCUT2D eigenvalue weighted by Crippen LogP contribution is 2.21. The van der Waals surface area contributed by atoms with Crippen LogP contribution in [0.5, 0.6) is 0 Å². The molecule has 1 saturated heterocycles. The molecule has 3 N–H and O–H groups in total. The largest absolute Gasteiger partial charge is 0.390 e. The molecule has 0 saturated carbocycles. The second kappa shape index (κ2) is 11.5. The van der Waals surface area contributed by atoms with Gasteiger partial charge in [0.1, 0.15) is 5.82 Å². The summed E-state index contributed by atoms with van der Waals surface area (Å²) in [5.74, 6) is 2.11. The van der Waals surface area contributed by atoms with Gasteiger partial charge in [-0.2, -0.15) is 5.10 Å². The number of rotatable bonds is 10. The molecule has 1 fully saturated rings. The van der Waals surface area contributed by atoms with Gasteiger partial charge in [0, 0.05) is 49.4 Å². The fourth-order valence-electron chi connectivity index (χ4n) is 3.89. The van der Waals surface area contributed by atoms with Crippen LogP contribution in [-0.2, 0) is 9.84 Å². The van der Waals surface area contributed by atoms with Crippen molar-refractivity contribution in [2.75, 3.05) is 43.0 Å². The summed E-state index contributed by atoms with van der Waals surface area (Å²) in [6.45, 7) is 6.99. The summed E-state index contributed by atoms with van der Waals surface area (Å²) in [6, 6.07) is 7.63. The van der Waals surface area contributed by atoms with Crippen molar-refractivity contribution in [1.82, 2.24) is 30.4 Å². The summed E-state index contributed by atoms with van der Waals surface area (Å²) in [4.78, 5) is 11.4. The van der Waals surface area contributed by atoms with Gasteiger partial charge < -0.3 is 20.9 Å². The Bertz CT molecular complexity index is 1340. The second-order valence-corrected chi connectivity index (χ2v) is 11.5. The number of sulfone groups is 1. The molecular formula is C25H32N8O2S. The van der Waals surface area contributed by atoms with Gasteiger partial charge in [0.05, 0.1) is 28.7 Å². The van der Waals surface area contributed by atoms with Crippen molar-refractivity contribution in [2.45, 2.75) is 26.2 Å². The van der Waals surface area contributed by atoms with Crippen molar-refractivity contribution < 1.29 is 8.42 Å². The number of hydrogen-bond donors (Lipinski definition) is 3. The van der Waals surface area contributed by atoms with Gasteiger partial charge in [0.2, 0.25) is 0 Å². The van der Waals surface area contributed by atoms with E-state index in [4.69, 9.17) is 5.41 Å². The average molecular weight is 509 g/mol. The first-order valence-corrected chi connectivity index (χ1v) is 13.9. The van der Waals surface area contributed by atoms with Gasteiger partial charge in [-0.05, 0) is 48.7 Å². The van der Waals surface area contributed by atoms with Crippen molar-refractivity contribution in [2.24, 2.45) is 0 Å². The predicted molar refractivity (Wildman–Crippen MR) is 143 cm³/mol. The first-order valence-electron chi connectivity index (χ1n) is 12.1. The number of fused-ring (bicyclic) bond motifs is 1. The van der Waals surface area contributed by atoms with E-state index in [0.717, 1.165) is 36.2 Å². The van der Waals surface area contributed by atoms with E-state index in [1.807, 2.05) is 30.5 Å². The highest BCUT2D eigenvalue weighted by atomic mass is 32.2. The minimum Gasteiger partial charge on any atom is -0.390 e. The molecule has 3 aromatic rings. The van der Waals surface area contributed by atoms with E-state index in [0.29, 0.717) is 41.7 Å². The molecule has 1 aliphatic heterocycles. The third-order valence-corrected chi connectivity index (χ3v) is 7.72. The number of nitrogens with one attached hydrogen (secondary N) is 3. The van der Waals surface area contributed by atoms with Gasteiger partial charge >= 0.3 is 0 Å². The summed E-state index contributed by atoms with van der Waals surface area (Å²) in [7, 11) is -2.85. The van der Waals surface area contributed by atoms with E-state index in [1.54, 1.807) is 12.4 Å². The molecule has 3 aromatic heterocycles. The SMILES string of the molecule is CC(C)c1cnnc(Nc2ccc3ncc(/C(C=N)=C/NCCCN4CCS(=O)(=O)CC4)cc3n2)c1. The lowest BCUT2D eigenvalue weighted by Gasteiger charge is -2.26. The summed E-state index contributed by atoms with van der Waals surface area (Å²) in [5, 5.41) is 22.5. The highest BCUT2D eigenvalue weighted by Gasteiger charge is 2.20. The van der Waals surface area contributed by atoms with Gasteiger partial charge in [-0.25, -0.2) is 13.4 Å². The summed E-state index contributed by atoms with van der Waals surface area (Å²) in [6.07, 6.45) is 7.49. The third-order valence-electron chi connectivity index (χ3n) is 6.11. The zero-order valence-electron chi connectivity index (χ0n) is 20.6. The Labute approximate surface area is 211 Å². The van der Waals surface area contributed by atoms with E-state index in [9.17, 15) is 8.42 Å². The minimum atomic E-state index is -2.85. The average Bonchev–Trinajstić information content (AvgIpc) is 2.87. The standard InChI is InChI=1S/C25H32N8O2S/c1-18(2)19-13-25(32-29-17-19)31-24-5-4-22-23(30-24)12-20(16-28-22)21(14-26)15-27-6-3-7-33-8-10-36(34,35)11-9-33/h4-5,12-18,26-27H,3,6-11H2,1-2H3,(H,30,31,32)/b21-15+,26-14?. The van der Waals surface area contributed by atoms with Crippen LogP contribution in [0.1, 0.15) is 37.3 Å². The van der Waals surface area contributed by atoms with Crippen molar-refractivity contribution in [3.63, 3.8) is 0 Å². The molecule has 0 radical (unpaired) electrons. The molecule has 0 aliphatic carbocycles. The van der Waals surface area contributed by atoms with Gasteiger partial charge in [-0.15, -0.1) is 5.10 Å². The molecule has 0 unspecified atom stereocenters. The lowest BCUT2D eigenvalue weighted by Crippen LogP contribution is -2.41. The maximum atomic E-state index is 11.5. The van der Waals surface area contributed by atoms with Crippen molar-refractivity contribution in [1.29, 1.82) is 5.41 Å². The number of anilines is 2. The molecule has 0 bridgehead atoms. The normalized spacial score (nSPS) is 16.2. The maximum absolute atomic E-state index is 11.5. The van der Waals surface area contributed by atoms with Gasteiger partial charge in [0.15, 0.2) is 15.7 Å². The van der Waals surface area contributed by atoms with Crippen LogP contribution in [0.25, 0.3) is 16.6 Å². The molecule has 1 aliphatic rings. The number of hydrogen-bond acceptors (Lipinski definition) is 10. The van der Waals surface area contributed by atoms with Crippen LogP contribution in [0, 0.1) is 5.41 Å². The number of pyridine rings is 2. The summed E-state index contributed by atoms with van der Waals surface area (Å²) >= 11 is 0. The Morgan fingerprint density at radius 1 is 1.14 bits per heavy atom. The molecule has 11 heteroatoms. The molecule has 0 aromatic carbocycles. The molecule has 190 valence electrons. The fraction of sp³-hybridized carbons (Fsp3) is 0.400. The maximum Gasteiger partial charge on any atom is 0.154 e. The Balaban J connectivity index is 1.38. The topological polar surface area (TPSA) is 137 Å². The molecule has 4 rings (SSSR count). The molecule has 0 amide bonds. The molecule has 10 nitrogen and oxygen atoms in total. The number of allylic oxidation sites excluding steroid dienone is 1. The van der Waals surface area contributed by atoms with Crippen LogP contribution in [0.4, 0.5) is 11.6 Å². The lowest BCUT2D eigenvalue weighted by molar-refractivity contribution is 0.292. The number of aromatic nitrogens is 4. The molecule has 36 heavy (non-hydrogen) atoms. The first-order chi connectivity index (χ1) is 17.3. The predicted octanol–water partition coefficient (Wildman–Crippen LogP) is 2.99. The fourth-order valence-corrected chi connectivity index (χ4v) is 5.17.